The Morgan fingerprint density at radius 1 is 1.23 bits per heavy atom. The average molecular weight is 366 g/mol. The van der Waals surface area contributed by atoms with Crippen molar-refractivity contribution in [2.75, 3.05) is 20.7 Å². The Labute approximate surface area is 139 Å². The van der Waals surface area contributed by atoms with E-state index in [0.29, 0.717) is 23.3 Å². The molecule has 0 amide bonds. The zero-order chi connectivity index (χ0) is 16.1. The van der Waals surface area contributed by atoms with Gasteiger partial charge in [0.25, 0.3) is 0 Å². The van der Waals surface area contributed by atoms with Crippen LogP contribution in [0.4, 0.5) is 0 Å². The summed E-state index contributed by atoms with van der Waals surface area (Å²) in [5.41, 5.74) is 1.89. The topological polar surface area (TPSA) is 52.9 Å². The summed E-state index contributed by atoms with van der Waals surface area (Å²) < 4.78 is 5.75. The number of phenols is 1. The van der Waals surface area contributed by atoms with Crippen molar-refractivity contribution in [2.45, 2.75) is 12.6 Å². The molecule has 0 bridgehead atoms. The van der Waals surface area contributed by atoms with Gasteiger partial charge in [0.2, 0.25) is 0 Å². The molecule has 0 heterocycles. The fourth-order valence-corrected chi connectivity index (χ4v) is 2.82. The number of aliphatic hydroxyl groups is 1. The Morgan fingerprint density at radius 3 is 2.55 bits per heavy atom. The molecule has 0 radical (unpaired) electrons. The maximum atomic E-state index is 10.3. The molecular weight excluding hydrogens is 346 g/mol. The van der Waals surface area contributed by atoms with Gasteiger partial charge in [-0.3, -0.25) is 4.90 Å². The third-order valence-electron chi connectivity index (χ3n) is 3.43. The highest BCUT2D eigenvalue weighted by Gasteiger charge is 2.13. The summed E-state index contributed by atoms with van der Waals surface area (Å²) in [5.74, 6) is 0.527. The van der Waals surface area contributed by atoms with Crippen LogP contribution in [0.3, 0.4) is 0 Å². The molecule has 0 saturated heterocycles. The maximum absolute atomic E-state index is 10.3. The monoisotopic (exact) mass is 365 g/mol. The largest absolute Gasteiger partial charge is 0.503 e. The van der Waals surface area contributed by atoms with Crippen LogP contribution in [0.5, 0.6) is 11.5 Å². The summed E-state index contributed by atoms with van der Waals surface area (Å²) in [5, 5.41) is 20.1. The minimum atomic E-state index is -0.534. The quantitative estimate of drug-likeness (QED) is 0.824. The molecule has 2 aromatic carbocycles. The van der Waals surface area contributed by atoms with Gasteiger partial charge in [-0.15, -0.1) is 0 Å². The first-order chi connectivity index (χ1) is 10.5. The Kier molecular flexibility index (Phi) is 5.83. The SMILES string of the molecule is COc1cc(CN(C)C[C@H](O)c2ccccc2)cc(Br)c1O. The van der Waals surface area contributed by atoms with E-state index in [2.05, 4.69) is 15.9 Å². The van der Waals surface area contributed by atoms with E-state index in [1.54, 1.807) is 6.07 Å². The van der Waals surface area contributed by atoms with Gasteiger partial charge in [0.1, 0.15) is 0 Å². The van der Waals surface area contributed by atoms with E-state index < -0.39 is 6.10 Å². The van der Waals surface area contributed by atoms with Crippen LogP contribution >= 0.6 is 15.9 Å². The van der Waals surface area contributed by atoms with E-state index >= 15 is 0 Å². The van der Waals surface area contributed by atoms with Crippen molar-refractivity contribution in [1.82, 2.24) is 4.90 Å². The highest BCUT2D eigenvalue weighted by atomic mass is 79.9. The molecule has 22 heavy (non-hydrogen) atoms. The molecule has 118 valence electrons. The molecule has 0 aliphatic heterocycles. The molecule has 2 N–H and O–H groups in total. The van der Waals surface area contributed by atoms with Gasteiger partial charge in [-0.1, -0.05) is 30.3 Å². The summed E-state index contributed by atoms with van der Waals surface area (Å²) >= 11 is 3.32. The van der Waals surface area contributed by atoms with Gasteiger partial charge < -0.3 is 14.9 Å². The molecular formula is C17H20BrNO3. The summed E-state index contributed by atoms with van der Waals surface area (Å²) in [6.45, 7) is 1.16. The number of halogens is 1. The fourth-order valence-electron chi connectivity index (χ4n) is 2.33. The fraction of sp³-hybridized carbons (Fsp3) is 0.294. The third kappa shape index (κ3) is 4.22. The van der Waals surface area contributed by atoms with Crippen molar-refractivity contribution in [3.8, 4) is 11.5 Å². The number of hydrogen-bond donors (Lipinski definition) is 2. The van der Waals surface area contributed by atoms with Crippen LogP contribution in [-0.4, -0.2) is 35.8 Å². The van der Waals surface area contributed by atoms with Gasteiger partial charge in [-0.2, -0.15) is 0 Å². The van der Waals surface area contributed by atoms with Crippen LogP contribution < -0.4 is 4.74 Å². The van der Waals surface area contributed by atoms with E-state index in [4.69, 9.17) is 4.74 Å². The number of benzene rings is 2. The number of ether oxygens (including phenoxy) is 1. The molecule has 0 unspecified atom stereocenters. The minimum Gasteiger partial charge on any atom is -0.503 e. The zero-order valence-corrected chi connectivity index (χ0v) is 14.2. The van der Waals surface area contributed by atoms with E-state index in [1.807, 2.05) is 48.3 Å². The lowest BCUT2D eigenvalue weighted by Gasteiger charge is -2.21. The second-order valence-corrected chi connectivity index (χ2v) is 6.11. The lowest BCUT2D eigenvalue weighted by Crippen LogP contribution is -2.24. The average Bonchev–Trinajstić information content (AvgIpc) is 2.51. The first kappa shape index (κ1) is 16.8. The molecule has 0 aromatic heterocycles. The van der Waals surface area contributed by atoms with E-state index in [1.165, 1.54) is 7.11 Å². The smallest absolute Gasteiger partial charge is 0.172 e. The molecule has 2 rings (SSSR count). The third-order valence-corrected chi connectivity index (χ3v) is 4.03. The van der Waals surface area contributed by atoms with Gasteiger partial charge in [0.05, 0.1) is 17.7 Å². The van der Waals surface area contributed by atoms with Crippen LogP contribution in [0.1, 0.15) is 17.2 Å². The van der Waals surface area contributed by atoms with Crippen LogP contribution in [0.2, 0.25) is 0 Å². The standard InChI is InChI=1S/C17H20BrNO3/c1-19(11-15(20)13-6-4-3-5-7-13)10-12-8-14(18)17(21)16(9-12)22-2/h3-9,15,20-21H,10-11H2,1-2H3/t15-/m0/s1. The van der Waals surface area contributed by atoms with Crippen molar-refractivity contribution >= 4 is 15.9 Å². The summed E-state index contributed by atoms with van der Waals surface area (Å²) in [6, 6.07) is 13.2. The Hall–Kier alpha value is -1.56. The van der Waals surface area contributed by atoms with Crippen molar-refractivity contribution in [1.29, 1.82) is 0 Å². The lowest BCUT2D eigenvalue weighted by atomic mass is 10.1. The number of nitrogens with zero attached hydrogens (tertiary/aromatic N) is 1. The highest BCUT2D eigenvalue weighted by Crippen LogP contribution is 2.35. The number of methoxy groups -OCH3 is 1. The van der Waals surface area contributed by atoms with Crippen LogP contribution in [0, 0.1) is 0 Å². The molecule has 4 nitrogen and oxygen atoms in total. The van der Waals surface area contributed by atoms with E-state index in [0.717, 1.165) is 11.1 Å². The summed E-state index contributed by atoms with van der Waals surface area (Å²) in [6.07, 6.45) is -0.534. The Balaban J connectivity index is 2.03. The van der Waals surface area contributed by atoms with E-state index in [-0.39, 0.29) is 5.75 Å². The molecule has 0 fully saturated rings. The van der Waals surface area contributed by atoms with Crippen molar-refractivity contribution in [3.05, 3.63) is 58.1 Å². The number of likely N-dealkylation sites (N-methyl/N-ethyl adjacent to an activating group) is 1. The molecule has 0 saturated carbocycles. The molecule has 0 aliphatic rings. The normalized spacial score (nSPS) is 12.4. The van der Waals surface area contributed by atoms with Gasteiger partial charge in [-0.05, 0) is 46.2 Å². The van der Waals surface area contributed by atoms with Gasteiger partial charge in [0, 0.05) is 13.1 Å². The maximum Gasteiger partial charge on any atom is 0.172 e. The number of aliphatic hydroxyl groups excluding tert-OH is 1. The predicted octanol–water partition coefficient (Wildman–Crippen LogP) is 3.33. The van der Waals surface area contributed by atoms with Crippen LogP contribution in [0.25, 0.3) is 0 Å². The van der Waals surface area contributed by atoms with Gasteiger partial charge >= 0.3 is 0 Å². The van der Waals surface area contributed by atoms with Crippen LogP contribution in [-0.2, 0) is 6.54 Å². The van der Waals surface area contributed by atoms with E-state index in [9.17, 15) is 10.2 Å². The molecule has 1 atom stereocenters. The predicted molar refractivity (Wildman–Crippen MR) is 90.1 cm³/mol. The summed E-state index contributed by atoms with van der Waals surface area (Å²) in [7, 11) is 3.47. The Morgan fingerprint density at radius 2 is 1.91 bits per heavy atom. The minimum absolute atomic E-state index is 0.0956. The highest BCUT2D eigenvalue weighted by molar-refractivity contribution is 9.10. The molecule has 2 aromatic rings. The number of rotatable bonds is 6. The van der Waals surface area contributed by atoms with Crippen molar-refractivity contribution in [3.63, 3.8) is 0 Å². The Bertz CT molecular complexity index is 619. The van der Waals surface area contributed by atoms with Gasteiger partial charge in [0.15, 0.2) is 11.5 Å². The number of aromatic hydroxyl groups is 1. The van der Waals surface area contributed by atoms with Crippen molar-refractivity contribution < 1.29 is 14.9 Å². The first-order valence-electron chi connectivity index (χ1n) is 6.98. The van der Waals surface area contributed by atoms with Crippen molar-refractivity contribution in [2.24, 2.45) is 0 Å². The van der Waals surface area contributed by atoms with Crippen LogP contribution in [0.15, 0.2) is 46.9 Å². The van der Waals surface area contributed by atoms with Gasteiger partial charge in [-0.25, -0.2) is 0 Å². The summed E-state index contributed by atoms with van der Waals surface area (Å²) in [4.78, 5) is 2.02. The molecule has 0 aliphatic carbocycles. The molecule has 5 heteroatoms. The second kappa shape index (κ2) is 7.63. The second-order valence-electron chi connectivity index (χ2n) is 5.25. The lowest BCUT2D eigenvalue weighted by molar-refractivity contribution is 0.124. The molecule has 0 spiro atoms. The first-order valence-corrected chi connectivity index (χ1v) is 7.77. The number of phenolic OH excluding ortho intramolecular Hbond substituents is 1. The zero-order valence-electron chi connectivity index (χ0n) is 12.7. The number of hydrogen-bond acceptors (Lipinski definition) is 4.